The maximum atomic E-state index is 5.01. The van der Waals surface area contributed by atoms with Crippen molar-refractivity contribution in [2.45, 2.75) is 50.4 Å². The smallest absolute Gasteiger partial charge is 0.197 e. The monoisotopic (exact) mass is 395 g/mol. The Morgan fingerprint density at radius 2 is 2.22 bits per heavy atom. The molecular formula is C20H21N5S2. The van der Waals surface area contributed by atoms with Gasteiger partial charge in [-0.3, -0.25) is 9.38 Å². The standard InChI is InChI=1S/C20H21N5S2/c1-3-16-22-19-17(14-8-7-12(2)10-15(14)27-19)18-23-24-20(25(16)18)26-11-13-6-4-5-9-21-13/h4-6,9,12H,3,7-8,10-11H2,1-2H3/t12-/m0/s1. The van der Waals surface area contributed by atoms with E-state index in [4.69, 9.17) is 4.98 Å². The van der Waals surface area contributed by atoms with Crippen LogP contribution in [0.4, 0.5) is 0 Å². The van der Waals surface area contributed by atoms with E-state index in [9.17, 15) is 0 Å². The van der Waals surface area contributed by atoms with E-state index >= 15 is 0 Å². The van der Waals surface area contributed by atoms with Crippen LogP contribution in [0.2, 0.25) is 0 Å². The lowest BCUT2D eigenvalue weighted by Gasteiger charge is -2.17. The number of pyridine rings is 1. The predicted octanol–water partition coefficient (Wildman–Crippen LogP) is 4.71. The van der Waals surface area contributed by atoms with Crippen molar-refractivity contribution in [1.82, 2.24) is 24.6 Å². The molecule has 4 heterocycles. The van der Waals surface area contributed by atoms with Crippen molar-refractivity contribution in [2.75, 3.05) is 0 Å². The number of aromatic nitrogens is 5. The van der Waals surface area contributed by atoms with Crippen LogP contribution in [-0.2, 0) is 25.0 Å². The van der Waals surface area contributed by atoms with Crippen LogP contribution in [-0.4, -0.2) is 24.6 Å². The van der Waals surface area contributed by atoms with Crippen LogP contribution in [0.25, 0.3) is 15.9 Å². The largest absolute Gasteiger partial charge is 0.260 e. The van der Waals surface area contributed by atoms with E-state index < -0.39 is 0 Å². The number of fused-ring (bicyclic) bond motifs is 5. The molecule has 27 heavy (non-hydrogen) atoms. The van der Waals surface area contributed by atoms with Crippen LogP contribution in [0, 0.1) is 5.92 Å². The van der Waals surface area contributed by atoms with Gasteiger partial charge >= 0.3 is 0 Å². The molecule has 5 rings (SSSR count). The molecule has 4 aromatic heterocycles. The molecular weight excluding hydrogens is 374 g/mol. The summed E-state index contributed by atoms with van der Waals surface area (Å²) in [6.07, 6.45) is 6.23. The van der Waals surface area contributed by atoms with Crippen LogP contribution in [0.5, 0.6) is 0 Å². The molecule has 0 fully saturated rings. The highest BCUT2D eigenvalue weighted by Crippen LogP contribution is 2.39. The zero-order valence-electron chi connectivity index (χ0n) is 15.5. The average molecular weight is 396 g/mol. The Labute approximate surface area is 166 Å². The minimum absolute atomic E-state index is 0.759. The van der Waals surface area contributed by atoms with Crippen molar-refractivity contribution in [3.8, 4) is 0 Å². The number of thiophene rings is 1. The fraction of sp³-hybridized carbons (Fsp3) is 0.400. The topological polar surface area (TPSA) is 56.0 Å². The Morgan fingerprint density at radius 1 is 1.30 bits per heavy atom. The van der Waals surface area contributed by atoms with Gasteiger partial charge in [-0.15, -0.1) is 21.5 Å². The molecule has 1 aliphatic carbocycles. The highest BCUT2D eigenvalue weighted by Gasteiger charge is 2.25. The van der Waals surface area contributed by atoms with Crippen LogP contribution in [0.15, 0.2) is 29.6 Å². The van der Waals surface area contributed by atoms with Crippen molar-refractivity contribution >= 4 is 39.0 Å². The lowest BCUT2D eigenvalue weighted by Crippen LogP contribution is -2.09. The van der Waals surface area contributed by atoms with Crippen molar-refractivity contribution in [2.24, 2.45) is 5.92 Å². The predicted molar refractivity (Wildman–Crippen MR) is 111 cm³/mol. The Kier molecular flexibility index (Phi) is 4.36. The zero-order chi connectivity index (χ0) is 18.4. The molecule has 0 amide bonds. The SMILES string of the molecule is CCc1nc2sc3c(c2c2nnc(SCc4ccccn4)n12)CC[C@H](C)C3. The van der Waals surface area contributed by atoms with E-state index in [1.807, 2.05) is 35.7 Å². The highest BCUT2D eigenvalue weighted by molar-refractivity contribution is 7.98. The van der Waals surface area contributed by atoms with Crippen molar-refractivity contribution in [1.29, 1.82) is 0 Å². The van der Waals surface area contributed by atoms with E-state index in [1.54, 1.807) is 11.8 Å². The molecule has 0 saturated carbocycles. The molecule has 1 aliphatic rings. The Balaban J connectivity index is 1.63. The maximum Gasteiger partial charge on any atom is 0.197 e. The van der Waals surface area contributed by atoms with Crippen molar-refractivity contribution in [3.05, 3.63) is 46.4 Å². The third-order valence-corrected chi connectivity index (χ3v) is 7.34. The summed E-state index contributed by atoms with van der Waals surface area (Å²) < 4.78 is 2.17. The van der Waals surface area contributed by atoms with Crippen molar-refractivity contribution in [3.63, 3.8) is 0 Å². The van der Waals surface area contributed by atoms with E-state index in [1.165, 1.54) is 28.7 Å². The third kappa shape index (κ3) is 2.93. The molecule has 0 radical (unpaired) electrons. The summed E-state index contributed by atoms with van der Waals surface area (Å²) in [4.78, 5) is 12.1. The lowest BCUT2D eigenvalue weighted by atomic mass is 9.89. The Morgan fingerprint density at radius 3 is 3.04 bits per heavy atom. The van der Waals surface area contributed by atoms with Gasteiger partial charge in [-0.05, 0) is 42.9 Å². The molecule has 1 atom stereocenters. The molecule has 0 unspecified atom stereocenters. The number of hydrogen-bond donors (Lipinski definition) is 0. The normalized spacial score (nSPS) is 16.9. The number of thioether (sulfide) groups is 1. The first-order chi connectivity index (χ1) is 13.2. The Bertz CT molecular complexity index is 1120. The van der Waals surface area contributed by atoms with Gasteiger partial charge in [0, 0.05) is 23.2 Å². The van der Waals surface area contributed by atoms with Gasteiger partial charge in [0.1, 0.15) is 10.7 Å². The van der Waals surface area contributed by atoms with Gasteiger partial charge in [-0.1, -0.05) is 31.7 Å². The first kappa shape index (κ1) is 17.1. The molecule has 0 N–H and O–H groups in total. The molecule has 0 aromatic carbocycles. The fourth-order valence-corrected chi connectivity index (χ4v) is 6.09. The van der Waals surface area contributed by atoms with Crippen LogP contribution in [0.3, 0.4) is 0 Å². The summed E-state index contributed by atoms with van der Waals surface area (Å²) in [7, 11) is 0. The van der Waals surface area contributed by atoms with E-state index in [0.29, 0.717) is 0 Å². The summed E-state index contributed by atoms with van der Waals surface area (Å²) in [5, 5.41) is 11.3. The molecule has 7 heteroatoms. The number of aryl methyl sites for hydroxylation is 2. The highest BCUT2D eigenvalue weighted by atomic mass is 32.2. The van der Waals surface area contributed by atoms with Gasteiger partial charge in [0.25, 0.3) is 0 Å². The minimum Gasteiger partial charge on any atom is -0.260 e. The first-order valence-electron chi connectivity index (χ1n) is 9.45. The van der Waals surface area contributed by atoms with Gasteiger partial charge in [0.15, 0.2) is 10.8 Å². The molecule has 0 bridgehead atoms. The minimum atomic E-state index is 0.759. The van der Waals surface area contributed by atoms with Gasteiger partial charge in [-0.25, -0.2) is 4.98 Å². The summed E-state index contributed by atoms with van der Waals surface area (Å²) >= 11 is 3.54. The Hall–Kier alpha value is -1.99. The molecule has 0 saturated heterocycles. The second-order valence-corrected chi connectivity index (χ2v) is 9.19. The first-order valence-corrected chi connectivity index (χ1v) is 11.3. The summed E-state index contributed by atoms with van der Waals surface area (Å²) in [6.45, 7) is 4.49. The molecule has 0 spiro atoms. The van der Waals surface area contributed by atoms with E-state index in [-0.39, 0.29) is 0 Å². The van der Waals surface area contributed by atoms with Crippen LogP contribution < -0.4 is 0 Å². The van der Waals surface area contributed by atoms with Gasteiger partial charge in [0.05, 0.1) is 11.1 Å². The van der Waals surface area contributed by atoms with Gasteiger partial charge < -0.3 is 0 Å². The molecule has 0 aliphatic heterocycles. The molecule has 4 aromatic rings. The fourth-order valence-electron chi connectivity index (χ4n) is 3.83. The van der Waals surface area contributed by atoms with Gasteiger partial charge in [-0.2, -0.15) is 0 Å². The van der Waals surface area contributed by atoms with Crippen molar-refractivity contribution < 1.29 is 0 Å². The molecule has 138 valence electrons. The number of nitrogens with zero attached hydrogens (tertiary/aromatic N) is 5. The third-order valence-electron chi connectivity index (χ3n) is 5.23. The summed E-state index contributed by atoms with van der Waals surface area (Å²) in [5.74, 6) is 2.58. The number of rotatable bonds is 4. The average Bonchev–Trinajstić information content (AvgIpc) is 3.26. The number of hydrogen-bond acceptors (Lipinski definition) is 6. The zero-order valence-corrected chi connectivity index (χ0v) is 17.1. The second kappa shape index (κ2) is 6.87. The molecule has 5 nitrogen and oxygen atoms in total. The second-order valence-electron chi connectivity index (χ2n) is 7.16. The maximum absolute atomic E-state index is 5.01. The lowest BCUT2D eigenvalue weighted by molar-refractivity contribution is 0.509. The van der Waals surface area contributed by atoms with Crippen LogP contribution in [0.1, 0.15) is 42.2 Å². The van der Waals surface area contributed by atoms with E-state index in [2.05, 4.69) is 33.4 Å². The van der Waals surface area contributed by atoms with Gasteiger partial charge in [0.2, 0.25) is 0 Å². The summed E-state index contributed by atoms with van der Waals surface area (Å²) in [6, 6.07) is 6.01. The summed E-state index contributed by atoms with van der Waals surface area (Å²) in [5.41, 5.74) is 3.49. The van der Waals surface area contributed by atoms with Crippen LogP contribution >= 0.6 is 23.1 Å². The van der Waals surface area contributed by atoms with E-state index in [0.717, 1.165) is 51.7 Å². The quantitative estimate of drug-likeness (QED) is 0.468.